The summed E-state index contributed by atoms with van der Waals surface area (Å²) in [6, 6.07) is 0. The van der Waals surface area contributed by atoms with Gasteiger partial charge in [-0.1, -0.05) is 104 Å². The highest BCUT2D eigenvalue weighted by Crippen LogP contribution is 2.29. The second-order valence-corrected chi connectivity index (χ2v) is 11.6. The van der Waals surface area contributed by atoms with E-state index in [1.54, 1.807) is 0 Å². The van der Waals surface area contributed by atoms with Crippen molar-refractivity contribution in [2.75, 3.05) is 19.8 Å². The van der Waals surface area contributed by atoms with E-state index >= 15 is 0 Å². The molecule has 1 saturated heterocycles. The van der Waals surface area contributed by atoms with Gasteiger partial charge in [-0.05, 0) is 0 Å². The first-order valence-corrected chi connectivity index (χ1v) is 9.15. The molecule has 1 heterocycles. The van der Waals surface area contributed by atoms with Crippen molar-refractivity contribution in [3.63, 3.8) is 0 Å². The number of alkyl halides is 9. The second-order valence-electron chi connectivity index (χ2n) is 4.05. The monoisotopic (exact) mass is 522 g/mol. The molecule has 0 N–H and O–H groups in total. The third kappa shape index (κ3) is 12.9. The minimum absolute atomic E-state index is 0.378. The van der Waals surface area contributed by atoms with Crippen LogP contribution in [0.4, 0.5) is 0 Å². The van der Waals surface area contributed by atoms with Gasteiger partial charge in [0.05, 0.1) is 19.8 Å². The van der Waals surface area contributed by atoms with Crippen LogP contribution in [0, 0.1) is 0 Å². The highest BCUT2D eigenvalue weighted by molar-refractivity contribution is 6.70. The molecular weight excluding hydrogens is 520 g/mol. The van der Waals surface area contributed by atoms with Gasteiger partial charge in [0.25, 0.3) is 0 Å². The standard InChI is InChI=1S/C6H6B3Cl9O6/c10-4(11,12)1-19-7-22-8(20-2-5(13,14)15)24-9(23-7)21-3-6(16,17)18/h1-3H2. The van der Waals surface area contributed by atoms with Gasteiger partial charge in [0.2, 0.25) is 11.4 Å². The molecule has 24 heavy (non-hydrogen) atoms. The smallest absolute Gasteiger partial charge is 0.400 e. The lowest BCUT2D eigenvalue weighted by atomic mass is 9.96. The predicted octanol–water partition coefficient (Wildman–Crippen LogP) is 4.16. The van der Waals surface area contributed by atoms with Crippen molar-refractivity contribution < 1.29 is 27.7 Å². The van der Waals surface area contributed by atoms with E-state index in [0.29, 0.717) is 0 Å². The SMILES string of the molecule is ClC(Cl)(Cl)COB1OB(OCC(Cl)(Cl)Cl)OB(OCC(Cl)(Cl)Cl)O1. The molecule has 0 aromatic rings. The third-order valence-electron chi connectivity index (χ3n) is 1.82. The molecule has 0 aromatic heterocycles. The molecule has 0 bridgehead atoms. The van der Waals surface area contributed by atoms with Crippen LogP contribution >= 0.6 is 104 Å². The number of rotatable bonds is 6. The summed E-state index contributed by atoms with van der Waals surface area (Å²) >= 11 is 50.1. The fraction of sp³-hybridized carbons (Fsp3) is 1.00. The Hall–Kier alpha value is 2.56. The van der Waals surface area contributed by atoms with E-state index in [2.05, 4.69) is 0 Å². The number of halogens is 9. The van der Waals surface area contributed by atoms with E-state index in [-0.39, 0.29) is 19.8 Å². The molecule has 1 aliphatic heterocycles. The van der Waals surface area contributed by atoms with Gasteiger partial charge in [0, 0.05) is 0 Å². The van der Waals surface area contributed by atoms with Crippen LogP contribution in [0.25, 0.3) is 0 Å². The van der Waals surface area contributed by atoms with Gasteiger partial charge in [-0.3, -0.25) is 0 Å². The van der Waals surface area contributed by atoms with E-state index in [1.807, 2.05) is 0 Å². The maximum atomic E-state index is 5.56. The fourth-order valence-corrected chi connectivity index (χ4v) is 1.66. The first kappa shape index (κ1) is 24.6. The van der Waals surface area contributed by atoms with Gasteiger partial charge in [-0.2, -0.15) is 0 Å². The minimum Gasteiger partial charge on any atom is -0.400 e. The second kappa shape index (κ2) is 10.4. The topological polar surface area (TPSA) is 55.4 Å². The lowest BCUT2D eigenvalue weighted by Crippen LogP contribution is -2.54. The Balaban J connectivity index is 2.60. The van der Waals surface area contributed by atoms with Crippen molar-refractivity contribution in [3.8, 4) is 0 Å². The summed E-state index contributed by atoms with van der Waals surface area (Å²) in [6.07, 6.45) is 0. The summed E-state index contributed by atoms with van der Waals surface area (Å²) in [6.45, 7) is -1.13. The number of hydrogen-bond donors (Lipinski definition) is 0. The fourth-order valence-electron chi connectivity index (χ4n) is 1.09. The van der Waals surface area contributed by atoms with E-state index in [0.717, 1.165) is 0 Å². The average molecular weight is 526 g/mol. The van der Waals surface area contributed by atoms with Crippen molar-refractivity contribution in [2.24, 2.45) is 0 Å². The van der Waals surface area contributed by atoms with Crippen LogP contribution in [0.2, 0.25) is 0 Å². The first-order chi connectivity index (χ1) is 10.7. The maximum absolute atomic E-state index is 5.56. The van der Waals surface area contributed by atoms with Gasteiger partial charge in [0.1, 0.15) is 0 Å². The summed E-state index contributed by atoms with van der Waals surface area (Å²) in [5.74, 6) is 0. The van der Waals surface area contributed by atoms with Crippen LogP contribution < -0.4 is 0 Å². The minimum atomic E-state index is -1.72. The van der Waals surface area contributed by atoms with E-state index in [9.17, 15) is 0 Å². The van der Waals surface area contributed by atoms with Crippen LogP contribution in [-0.4, -0.2) is 53.2 Å². The van der Waals surface area contributed by atoms with E-state index in [4.69, 9.17) is 132 Å². The zero-order valence-corrected chi connectivity index (χ0v) is 18.0. The Morgan fingerprint density at radius 3 is 0.875 bits per heavy atom. The molecule has 6 nitrogen and oxygen atoms in total. The zero-order valence-electron chi connectivity index (χ0n) is 11.2. The first-order valence-electron chi connectivity index (χ1n) is 5.75. The van der Waals surface area contributed by atoms with Gasteiger partial charge >= 0.3 is 22.0 Å². The normalized spacial score (nSPS) is 17.6. The Kier molecular flexibility index (Phi) is 10.6. The zero-order chi connectivity index (χ0) is 18.6. The molecule has 1 aliphatic rings. The van der Waals surface area contributed by atoms with Crippen molar-refractivity contribution in [3.05, 3.63) is 0 Å². The maximum Gasteiger partial charge on any atom is 0.615 e. The van der Waals surface area contributed by atoms with Crippen molar-refractivity contribution in [2.45, 2.75) is 11.4 Å². The third-order valence-corrected chi connectivity index (χ3v) is 2.80. The largest absolute Gasteiger partial charge is 0.615 e. The van der Waals surface area contributed by atoms with Crippen LogP contribution in [0.1, 0.15) is 0 Å². The number of hydrogen-bond acceptors (Lipinski definition) is 6. The molecule has 0 aliphatic carbocycles. The molecule has 0 unspecified atom stereocenters. The summed E-state index contributed by atoms with van der Waals surface area (Å²) in [7, 11) is -4.18. The molecule has 0 spiro atoms. The summed E-state index contributed by atoms with van der Waals surface area (Å²) < 4.78 is 25.5. The highest BCUT2D eigenvalue weighted by Gasteiger charge is 2.48. The van der Waals surface area contributed by atoms with E-state index < -0.39 is 33.3 Å². The molecular formula is C6H6B3Cl9O6. The summed E-state index contributed by atoms with van der Waals surface area (Å²) in [4.78, 5) is 0. The Labute approximate surface area is 184 Å². The molecule has 138 valence electrons. The van der Waals surface area contributed by atoms with Crippen molar-refractivity contribution in [1.29, 1.82) is 0 Å². The van der Waals surface area contributed by atoms with Crippen LogP contribution in [0.15, 0.2) is 0 Å². The summed E-state index contributed by atoms with van der Waals surface area (Å²) in [5.41, 5.74) is 0. The highest BCUT2D eigenvalue weighted by atomic mass is 35.6. The molecule has 0 saturated carbocycles. The lowest BCUT2D eigenvalue weighted by molar-refractivity contribution is 0.0687. The van der Waals surface area contributed by atoms with Gasteiger partial charge < -0.3 is 27.7 Å². The summed E-state index contributed by atoms with van der Waals surface area (Å²) in [5, 5.41) is 0. The average Bonchev–Trinajstić information content (AvgIpc) is 2.38. The Morgan fingerprint density at radius 1 is 0.500 bits per heavy atom. The predicted molar refractivity (Wildman–Crippen MR) is 99.2 cm³/mol. The molecule has 0 atom stereocenters. The molecule has 0 radical (unpaired) electrons. The Bertz CT molecular complexity index is 326. The lowest BCUT2D eigenvalue weighted by Gasteiger charge is -2.29. The van der Waals surface area contributed by atoms with Crippen molar-refractivity contribution in [1.82, 2.24) is 0 Å². The molecule has 1 fully saturated rings. The van der Waals surface area contributed by atoms with Gasteiger partial charge in [-0.15, -0.1) is 0 Å². The van der Waals surface area contributed by atoms with E-state index in [1.165, 1.54) is 0 Å². The molecule has 0 aromatic carbocycles. The van der Waals surface area contributed by atoms with Crippen LogP contribution in [0.5, 0.6) is 0 Å². The Morgan fingerprint density at radius 2 is 0.708 bits per heavy atom. The van der Waals surface area contributed by atoms with Crippen molar-refractivity contribution >= 4 is 126 Å². The van der Waals surface area contributed by atoms with Gasteiger partial charge in [0.15, 0.2) is 0 Å². The van der Waals surface area contributed by atoms with Crippen LogP contribution in [-0.2, 0) is 27.7 Å². The van der Waals surface area contributed by atoms with Crippen LogP contribution in [0.3, 0.4) is 0 Å². The molecule has 0 amide bonds. The quantitative estimate of drug-likeness (QED) is 0.384. The molecule has 18 heteroatoms. The molecule has 1 rings (SSSR count). The van der Waals surface area contributed by atoms with Gasteiger partial charge in [-0.25, -0.2) is 0 Å².